The number of benzene rings is 1. The molecule has 0 unspecified atom stereocenters. The molecule has 0 aliphatic rings. The van der Waals surface area contributed by atoms with Gasteiger partial charge in [-0.05, 0) is 13.1 Å². The molecule has 1 heterocycles. The van der Waals surface area contributed by atoms with Gasteiger partial charge in [0.2, 0.25) is 5.76 Å². The molecule has 1 N–H and O–H groups in total. The standard InChI is InChI=1S/C11H10F3NO/c1-15-6-8-4-2-3-7-5-9(11(12,13)14)16-10(7)8/h2-5,15H,6H2,1H3. The molecule has 0 bridgehead atoms. The molecule has 0 atom stereocenters. The van der Waals surface area contributed by atoms with Crippen molar-refractivity contribution in [2.24, 2.45) is 0 Å². The molecule has 0 fully saturated rings. The molecule has 0 amide bonds. The largest absolute Gasteiger partial charge is 0.451 e. The van der Waals surface area contributed by atoms with Gasteiger partial charge in [0.1, 0.15) is 5.58 Å². The van der Waals surface area contributed by atoms with Gasteiger partial charge in [0.25, 0.3) is 0 Å². The van der Waals surface area contributed by atoms with Gasteiger partial charge in [-0.2, -0.15) is 13.2 Å². The maximum Gasteiger partial charge on any atom is 0.449 e. The lowest BCUT2D eigenvalue weighted by Crippen LogP contribution is -2.05. The molecule has 5 heteroatoms. The molecule has 0 radical (unpaired) electrons. The van der Waals surface area contributed by atoms with Crippen molar-refractivity contribution in [3.63, 3.8) is 0 Å². The summed E-state index contributed by atoms with van der Waals surface area (Å²) < 4.78 is 42.2. The molecule has 0 saturated carbocycles. The Hall–Kier alpha value is -1.49. The first-order chi connectivity index (χ1) is 7.52. The molecular formula is C11H10F3NO. The van der Waals surface area contributed by atoms with Gasteiger partial charge in [0.15, 0.2) is 0 Å². The van der Waals surface area contributed by atoms with Crippen LogP contribution in [0.3, 0.4) is 0 Å². The second-order valence-electron chi connectivity index (χ2n) is 3.47. The quantitative estimate of drug-likeness (QED) is 0.855. The van der Waals surface area contributed by atoms with Crippen molar-refractivity contribution in [3.8, 4) is 0 Å². The van der Waals surface area contributed by atoms with E-state index in [2.05, 4.69) is 5.32 Å². The summed E-state index contributed by atoms with van der Waals surface area (Å²) in [6.45, 7) is 0.474. The van der Waals surface area contributed by atoms with E-state index in [1.807, 2.05) is 0 Å². The lowest BCUT2D eigenvalue weighted by Gasteiger charge is -2.01. The number of halogens is 3. The van der Waals surface area contributed by atoms with Crippen molar-refractivity contribution in [1.82, 2.24) is 5.32 Å². The highest BCUT2D eigenvalue weighted by molar-refractivity contribution is 5.81. The Kier molecular flexibility index (Phi) is 2.63. The van der Waals surface area contributed by atoms with Crippen molar-refractivity contribution >= 4 is 11.0 Å². The number of hydrogen-bond donors (Lipinski definition) is 1. The Labute approximate surface area is 90.0 Å². The van der Waals surface area contributed by atoms with Gasteiger partial charge in [-0.15, -0.1) is 0 Å². The van der Waals surface area contributed by atoms with Crippen LogP contribution >= 0.6 is 0 Å². The summed E-state index contributed by atoms with van der Waals surface area (Å²) in [4.78, 5) is 0. The van der Waals surface area contributed by atoms with Crippen LogP contribution in [0.15, 0.2) is 28.7 Å². The van der Waals surface area contributed by atoms with Crippen molar-refractivity contribution in [3.05, 3.63) is 35.6 Å². The van der Waals surface area contributed by atoms with E-state index in [0.29, 0.717) is 17.5 Å². The number of alkyl halides is 3. The van der Waals surface area contributed by atoms with Crippen molar-refractivity contribution in [2.45, 2.75) is 12.7 Å². The van der Waals surface area contributed by atoms with Crippen LogP contribution < -0.4 is 5.32 Å². The lowest BCUT2D eigenvalue weighted by atomic mass is 10.1. The molecule has 0 saturated heterocycles. The van der Waals surface area contributed by atoms with Crippen LogP contribution in [0, 0.1) is 0 Å². The smallest absolute Gasteiger partial charge is 0.449 e. The fourth-order valence-electron chi connectivity index (χ4n) is 1.59. The van der Waals surface area contributed by atoms with Gasteiger partial charge >= 0.3 is 6.18 Å². The summed E-state index contributed by atoms with van der Waals surface area (Å²) in [6.07, 6.45) is -4.43. The summed E-state index contributed by atoms with van der Waals surface area (Å²) in [7, 11) is 1.73. The molecule has 1 aromatic carbocycles. The molecule has 0 aliphatic heterocycles. The third kappa shape index (κ3) is 1.90. The summed E-state index contributed by atoms with van der Waals surface area (Å²) in [5.74, 6) is -0.953. The minimum Gasteiger partial charge on any atom is -0.451 e. The van der Waals surface area contributed by atoms with Gasteiger partial charge in [-0.1, -0.05) is 18.2 Å². The van der Waals surface area contributed by atoms with E-state index in [0.717, 1.165) is 11.6 Å². The minimum atomic E-state index is -4.43. The Balaban J connectivity index is 2.57. The second kappa shape index (κ2) is 3.83. The predicted octanol–water partition coefficient (Wildman–Crippen LogP) is 3.17. The Morgan fingerprint density at radius 3 is 2.69 bits per heavy atom. The van der Waals surface area contributed by atoms with Gasteiger partial charge in [0.05, 0.1) is 0 Å². The number of furan rings is 1. The van der Waals surface area contributed by atoms with Crippen molar-refractivity contribution in [2.75, 3.05) is 7.05 Å². The zero-order chi connectivity index (χ0) is 11.8. The first kappa shape index (κ1) is 11.0. The number of nitrogens with one attached hydrogen (secondary N) is 1. The highest BCUT2D eigenvalue weighted by Crippen LogP contribution is 2.34. The molecule has 0 aliphatic carbocycles. The van der Waals surface area contributed by atoms with Gasteiger partial charge in [0, 0.05) is 17.5 Å². The number of rotatable bonds is 2. The van der Waals surface area contributed by atoms with Crippen LogP contribution in [0.1, 0.15) is 11.3 Å². The monoisotopic (exact) mass is 229 g/mol. The van der Waals surface area contributed by atoms with E-state index in [1.165, 1.54) is 0 Å². The Morgan fingerprint density at radius 2 is 2.06 bits per heavy atom. The van der Waals surface area contributed by atoms with Crippen LogP contribution in [0.25, 0.3) is 11.0 Å². The average molecular weight is 229 g/mol. The van der Waals surface area contributed by atoms with Crippen molar-refractivity contribution in [1.29, 1.82) is 0 Å². The summed E-state index contributed by atoms with van der Waals surface area (Å²) in [5, 5.41) is 3.36. The van der Waals surface area contributed by atoms with Gasteiger partial charge in [-0.3, -0.25) is 0 Å². The van der Waals surface area contributed by atoms with E-state index in [9.17, 15) is 13.2 Å². The molecule has 16 heavy (non-hydrogen) atoms. The van der Waals surface area contributed by atoms with E-state index in [4.69, 9.17) is 4.42 Å². The van der Waals surface area contributed by atoms with E-state index < -0.39 is 11.9 Å². The summed E-state index contributed by atoms with van der Waals surface area (Å²) >= 11 is 0. The lowest BCUT2D eigenvalue weighted by molar-refractivity contribution is -0.152. The third-order valence-corrected chi connectivity index (χ3v) is 2.27. The third-order valence-electron chi connectivity index (χ3n) is 2.27. The summed E-state index contributed by atoms with van der Waals surface area (Å²) in [6, 6.07) is 6.08. The molecule has 0 spiro atoms. The molecular weight excluding hydrogens is 219 g/mol. The number of para-hydroxylation sites is 1. The molecule has 86 valence electrons. The maximum atomic E-state index is 12.4. The van der Waals surface area contributed by atoms with Crippen molar-refractivity contribution < 1.29 is 17.6 Å². The van der Waals surface area contributed by atoms with Crippen LogP contribution in [0.2, 0.25) is 0 Å². The SMILES string of the molecule is CNCc1cccc2cc(C(F)(F)F)oc12. The minimum absolute atomic E-state index is 0.296. The predicted molar refractivity (Wildman–Crippen MR) is 54.0 cm³/mol. The zero-order valence-electron chi connectivity index (χ0n) is 8.56. The van der Waals surface area contributed by atoms with Gasteiger partial charge in [-0.25, -0.2) is 0 Å². The molecule has 1 aromatic heterocycles. The first-order valence-electron chi connectivity index (χ1n) is 4.75. The Morgan fingerprint density at radius 1 is 1.31 bits per heavy atom. The van der Waals surface area contributed by atoms with E-state index in [-0.39, 0.29) is 0 Å². The fraction of sp³-hybridized carbons (Fsp3) is 0.273. The zero-order valence-corrected chi connectivity index (χ0v) is 8.56. The van der Waals surface area contributed by atoms with Crippen LogP contribution in [0.4, 0.5) is 13.2 Å². The normalized spacial score (nSPS) is 12.2. The Bertz CT molecular complexity index is 501. The number of hydrogen-bond acceptors (Lipinski definition) is 2. The highest BCUT2D eigenvalue weighted by Gasteiger charge is 2.35. The first-order valence-corrected chi connectivity index (χ1v) is 4.75. The average Bonchev–Trinajstić information content (AvgIpc) is 2.62. The highest BCUT2D eigenvalue weighted by atomic mass is 19.4. The van der Waals surface area contributed by atoms with E-state index in [1.54, 1.807) is 25.2 Å². The second-order valence-corrected chi connectivity index (χ2v) is 3.47. The topological polar surface area (TPSA) is 25.2 Å². The van der Waals surface area contributed by atoms with Crippen LogP contribution in [0.5, 0.6) is 0 Å². The van der Waals surface area contributed by atoms with Gasteiger partial charge < -0.3 is 9.73 Å². The number of fused-ring (bicyclic) bond motifs is 1. The van der Waals surface area contributed by atoms with E-state index >= 15 is 0 Å². The van der Waals surface area contributed by atoms with Crippen LogP contribution in [-0.4, -0.2) is 7.05 Å². The summed E-state index contributed by atoms with van der Waals surface area (Å²) in [5.41, 5.74) is 1.01. The molecule has 2 nitrogen and oxygen atoms in total. The maximum absolute atomic E-state index is 12.4. The van der Waals surface area contributed by atoms with Crippen LogP contribution in [-0.2, 0) is 12.7 Å². The molecule has 2 rings (SSSR count). The fourth-order valence-corrected chi connectivity index (χ4v) is 1.59. The molecule has 2 aromatic rings.